The molecule has 122 valence electrons. The molecule has 3 rings (SSSR count). The van der Waals surface area contributed by atoms with E-state index in [1.807, 2.05) is 30.2 Å². The van der Waals surface area contributed by atoms with Crippen molar-refractivity contribution < 1.29 is 13.9 Å². The molecule has 1 saturated heterocycles. The maximum absolute atomic E-state index is 13.3. The van der Waals surface area contributed by atoms with Crippen LogP contribution in [0.15, 0.2) is 29.6 Å². The van der Waals surface area contributed by atoms with Crippen molar-refractivity contribution in [3.05, 3.63) is 41.2 Å². The molecular formula is C17H19FN2O2S. The first-order valence-electron chi connectivity index (χ1n) is 7.65. The van der Waals surface area contributed by atoms with E-state index in [9.17, 15) is 9.18 Å². The number of rotatable bonds is 3. The van der Waals surface area contributed by atoms with Crippen molar-refractivity contribution in [2.45, 2.75) is 32.5 Å². The van der Waals surface area contributed by atoms with Crippen LogP contribution in [0.5, 0.6) is 0 Å². The fourth-order valence-corrected chi connectivity index (χ4v) is 3.61. The molecule has 0 aliphatic carbocycles. The van der Waals surface area contributed by atoms with Crippen LogP contribution in [0.3, 0.4) is 0 Å². The van der Waals surface area contributed by atoms with E-state index in [0.29, 0.717) is 13.1 Å². The summed E-state index contributed by atoms with van der Waals surface area (Å²) < 4.78 is 18.9. The zero-order valence-electron chi connectivity index (χ0n) is 13.2. The minimum absolute atomic E-state index is 0.0565. The maximum Gasteiger partial charge on any atom is 0.228 e. The second kappa shape index (κ2) is 6.76. The predicted octanol–water partition coefficient (Wildman–Crippen LogP) is 3.13. The summed E-state index contributed by atoms with van der Waals surface area (Å²) in [6, 6.07) is 6.34. The molecule has 0 saturated carbocycles. The highest BCUT2D eigenvalue weighted by Gasteiger charge is 2.26. The zero-order valence-corrected chi connectivity index (χ0v) is 14.0. The van der Waals surface area contributed by atoms with E-state index in [2.05, 4.69) is 4.98 Å². The molecule has 0 N–H and O–H groups in total. The van der Waals surface area contributed by atoms with Gasteiger partial charge in [0.05, 0.1) is 24.3 Å². The topological polar surface area (TPSA) is 42.4 Å². The fraction of sp³-hybridized carbons (Fsp3) is 0.412. The average Bonchev–Trinajstić information content (AvgIpc) is 2.95. The lowest BCUT2D eigenvalue weighted by Crippen LogP contribution is -2.48. The summed E-state index contributed by atoms with van der Waals surface area (Å²) in [5, 5.41) is 2.60. The Balaban J connectivity index is 1.68. The summed E-state index contributed by atoms with van der Waals surface area (Å²) in [5.41, 5.74) is 1.47. The Morgan fingerprint density at radius 1 is 1.39 bits per heavy atom. The quantitative estimate of drug-likeness (QED) is 0.866. The first-order chi connectivity index (χ1) is 11.0. The van der Waals surface area contributed by atoms with Gasteiger partial charge in [0, 0.05) is 24.0 Å². The molecule has 1 aromatic carbocycles. The van der Waals surface area contributed by atoms with Gasteiger partial charge in [-0.3, -0.25) is 4.79 Å². The molecule has 2 aromatic rings. The van der Waals surface area contributed by atoms with Gasteiger partial charge < -0.3 is 9.64 Å². The van der Waals surface area contributed by atoms with E-state index in [1.54, 1.807) is 6.07 Å². The van der Waals surface area contributed by atoms with Gasteiger partial charge in [-0.25, -0.2) is 9.37 Å². The van der Waals surface area contributed by atoms with Crippen molar-refractivity contribution in [3.63, 3.8) is 0 Å². The molecule has 0 radical (unpaired) electrons. The molecular weight excluding hydrogens is 315 g/mol. The van der Waals surface area contributed by atoms with Crippen LogP contribution in [-0.4, -0.2) is 41.1 Å². The third-order valence-electron chi connectivity index (χ3n) is 3.73. The number of carbonyl (C=O) groups is 1. The van der Waals surface area contributed by atoms with Crippen molar-refractivity contribution in [1.29, 1.82) is 0 Å². The predicted molar refractivity (Wildman–Crippen MR) is 87.8 cm³/mol. The normalized spacial score (nSPS) is 21.4. The smallest absolute Gasteiger partial charge is 0.228 e. The maximum atomic E-state index is 13.3. The molecule has 2 atom stereocenters. The molecule has 2 heterocycles. The number of thiazole rings is 1. The molecule has 1 aliphatic heterocycles. The van der Waals surface area contributed by atoms with Crippen LogP contribution in [0, 0.1) is 5.82 Å². The van der Waals surface area contributed by atoms with E-state index < -0.39 is 0 Å². The number of ether oxygens (including phenoxy) is 1. The van der Waals surface area contributed by atoms with Crippen LogP contribution in [-0.2, 0) is 16.0 Å². The molecule has 0 bridgehead atoms. The molecule has 2 unspecified atom stereocenters. The minimum atomic E-state index is -0.286. The third kappa shape index (κ3) is 3.95. The van der Waals surface area contributed by atoms with Gasteiger partial charge >= 0.3 is 0 Å². The number of morpholine rings is 1. The van der Waals surface area contributed by atoms with Crippen LogP contribution in [0.1, 0.15) is 19.5 Å². The van der Waals surface area contributed by atoms with E-state index in [0.717, 1.165) is 16.3 Å². The monoisotopic (exact) mass is 334 g/mol. The Morgan fingerprint density at radius 3 is 2.83 bits per heavy atom. The Bertz CT molecular complexity index is 693. The lowest BCUT2D eigenvalue weighted by molar-refractivity contribution is -0.142. The zero-order chi connectivity index (χ0) is 16.4. The summed E-state index contributed by atoms with van der Waals surface area (Å²) in [5.74, 6) is -0.227. The van der Waals surface area contributed by atoms with Gasteiger partial charge in [-0.1, -0.05) is 12.1 Å². The molecule has 1 aliphatic rings. The summed E-state index contributed by atoms with van der Waals surface area (Å²) in [4.78, 5) is 18.7. The summed E-state index contributed by atoms with van der Waals surface area (Å²) in [7, 11) is 0. The number of hydrogen-bond donors (Lipinski definition) is 0. The number of benzene rings is 1. The van der Waals surface area contributed by atoms with Crippen molar-refractivity contribution >= 4 is 17.2 Å². The number of hydrogen-bond acceptors (Lipinski definition) is 4. The summed E-state index contributed by atoms with van der Waals surface area (Å²) >= 11 is 1.43. The number of carbonyl (C=O) groups excluding carboxylic acids is 1. The van der Waals surface area contributed by atoms with Gasteiger partial charge in [0.2, 0.25) is 5.91 Å². The Labute approximate surface area is 138 Å². The van der Waals surface area contributed by atoms with Gasteiger partial charge in [-0.2, -0.15) is 0 Å². The van der Waals surface area contributed by atoms with E-state index >= 15 is 0 Å². The second-order valence-corrected chi connectivity index (χ2v) is 6.75. The van der Waals surface area contributed by atoms with Gasteiger partial charge in [-0.15, -0.1) is 11.3 Å². The van der Waals surface area contributed by atoms with Gasteiger partial charge in [-0.05, 0) is 26.0 Å². The lowest BCUT2D eigenvalue weighted by atomic mass is 10.2. The van der Waals surface area contributed by atoms with Crippen LogP contribution >= 0.6 is 11.3 Å². The second-order valence-electron chi connectivity index (χ2n) is 5.89. The van der Waals surface area contributed by atoms with Crippen molar-refractivity contribution in [2.24, 2.45) is 0 Å². The summed E-state index contributed by atoms with van der Waals surface area (Å²) in [6.07, 6.45) is 0.382. The molecule has 1 fully saturated rings. The van der Waals surface area contributed by atoms with Crippen molar-refractivity contribution in [1.82, 2.24) is 9.88 Å². The van der Waals surface area contributed by atoms with Crippen LogP contribution in [0.25, 0.3) is 10.6 Å². The van der Waals surface area contributed by atoms with Crippen LogP contribution in [0.4, 0.5) is 4.39 Å². The lowest BCUT2D eigenvalue weighted by Gasteiger charge is -2.35. The van der Waals surface area contributed by atoms with Crippen molar-refractivity contribution in [2.75, 3.05) is 13.1 Å². The number of halogens is 1. The highest BCUT2D eigenvalue weighted by atomic mass is 32.1. The Morgan fingerprint density at radius 2 is 2.13 bits per heavy atom. The molecule has 6 heteroatoms. The van der Waals surface area contributed by atoms with Crippen LogP contribution in [0.2, 0.25) is 0 Å². The van der Waals surface area contributed by atoms with Crippen LogP contribution < -0.4 is 0 Å². The molecule has 4 nitrogen and oxygen atoms in total. The molecule has 23 heavy (non-hydrogen) atoms. The van der Waals surface area contributed by atoms with Crippen molar-refractivity contribution in [3.8, 4) is 10.6 Å². The SMILES string of the molecule is CC1CN(C(=O)Cc2csc(-c3cccc(F)c3)n2)CC(C)O1. The van der Waals surface area contributed by atoms with Gasteiger partial charge in [0.15, 0.2) is 0 Å². The first-order valence-corrected chi connectivity index (χ1v) is 8.53. The van der Waals surface area contributed by atoms with E-state index in [1.165, 1.54) is 23.5 Å². The first kappa shape index (κ1) is 16.1. The molecule has 1 aromatic heterocycles. The van der Waals surface area contributed by atoms with Gasteiger partial charge in [0.1, 0.15) is 10.8 Å². The highest BCUT2D eigenvalue weighted by molar-refractivity contribution is 7.13. The number of nitrogens with zero attached hydrogens (tertiary/aromatic N) is 2. The highest BCUT2D eigenvalue weighted by Crippen LogP contribution is 2.24. The van der Waals surface area contributed by atoms with E-state index in [-0.39, 0.29) is 30.4 Å². The average molecular weight is 334 g/mol. The largest absolute Gasteiger partial charge is 0.372 e. The van der Waals surface area contributed by atoms with Gasteiger partial charge in [0.25, 0.3) is 0 Å². The molecule has 0 spiro atoms. The van der Waals surface area contributed by atoms with E-state index in [4.69, 9.17) is 4.74 Å². The number of aromatic nitrogens is 1. The standard InChI is InChI=1S/C17H19FN2O2S/c1-11-8-20(9-12(2)22-11)16(21)7-15-10-23-17(19-15)13-4-3-5-14(18)6-13/h3-6,10-12H,7-9H2,1-2H3. The molecule has 1 amide bonds. The summed E-state index contributed by atoms with van der Waals surface area (Å²) in [6.45, 7) is 5.18. The Hall–Kier alpha value is -1.79. The Kier molecular flexibility index (Phi) is 4.73. The minimum Gasteiger partial charge on any atom is -0.372 e. The number of amides is 1. The third-order valence-corrected chi connectivity index (χ3v) is 4.67. The fourth-order valence-electron chi connectivity index (χ4n) is 2.79.